The van der Waals surface area contributed by atoms with Gasteiger partial charge in [0.05, 0.1) is 0 Å². The minimum Gasteiger partial charge on any atom is -0.481 e. The normalized spacial score (nSPS) is 13.2. The summed E-state index contributed by atoms with van der Waals surface area (Å²) in [6, 6.07) is 0. The van der Waals surface area contributed by atoms with Gasteiger partial charge in [-0.2, -0.15) is 0 Å². The third-order valence-corrected chi connectivity index (χ3v) is 18.5. The summed E-state index contributed by atoms with van der Waals surface area (Å²) in [5.74, 6) is -5.19. The Kier molecular flexibility index (Phi) is 55.5. The first-order chi connectivity index (χ1) is 39.7. The molecule has 486 valence electrons. The Labute approximate surface area is 510 Å². The van der Waals surface area contributed by atoms with Gasteiger partial charge in [-0.3, -0.25) is 14.4 Å². The monoisotopic (exact) mass is 1160 g/mol. The fraction of sp³-hybridized carbons (Fsp3) is 0.946. The van der Waals surface area contributed by atoms with E-state index in [2.05, 4.69) is 41.5 Å². The molecule has 0 aliphatic rings. The van der Waals surface area contributed by atoms with Gasteiger partial charge in [-0.05, 0) is 43.9 Å². The Hall–Kier alpha value is -1.96. The molecule has 0 saturated heterocycles. The van der Waals surface area contributed by atoms with E-state index >= 15 is 0 Å². The van der Waals surface area contributed by atoms with Gasteiger partial charge in [0.2, 0.25) is 5.60 Å². The molecule has 82 heavy (non-hydrogen) atoms. The minimum atomic E-state index is -2.73. The molecule has 2 atom stereocenters. The second-order valence-corrected chi connectivity index (χ2v) is 27.7. The molecule has 0 aromatic rings. The largest absolute Gasteiger partial charge is 0.481 e. The molecule has 0 saturated carbocycles. The van der Waals surface area contributed by atoms with Crippen LogP contribution >= 0.6 is 0 Å². The van der Waals surface area contributed by atoms with Gasteiger partial charge in [-0.15, -0.1) is 0 Å². The van der Waals surface area contributed by atoms with Crippen LogP contribution in [0.15, 0.2) is 0 Å². The van der Waals surface area contributed by atoms with Gasteiger partial charge in [0.1, 0.15) is 11.2 Å². The highest BCUT2D eigenvalue weighted by Crippen LogP contribution is 2.50. The van der Waals surface area contributed by atoms with Crippen LogP contribution in [-0.2, 0) is 23.9 Å². The number of hydrogen-bond acceptors (Lipinski definition) is 5. The molecule has 0 amide bonds. The molecule has 0 heterocycles. The zero-order valence-electron chi connectivity index (χ0n) is 56.0. The lowest BCUT2D eigenvalue weighted by molar-refractivity contribution is -0.219. The summed E-state index contributed by atoms with van der Waals surface area (Å²) < 4.78 is 6.35. The Bertz CT molecular complexity index is 1380. The SMILES string of the molecule is CC(=O)C(C(=O)O)C(OCCCCCCCCCCCCCCCCCCCC(C)C)(C(=O)O)C(CCCCCCCCCCCCCCCCCCCC(C)C)(CCCCCCCCCCCCCCCCCCCC(C)C)C(=O)O. The molecular weight excluding hydrogens is 1020 g/mol. The van der Waals surface area contributed by atoms with Crippen LogP contribution in [0.5, 0.6) is 0 Å². The molecule has 3 N–H and O–H groups in total. The molecule has 8 heteroatoms. The average Bonchev–Trinajstić information content (AvgIpc) is 3.61. The lowest BCUT2D eigenvalue weighted by Gasteiger charge is -2.47. The summed E-state index contributed by atoms with van der Waals surface area (Å²) in [5, 5.41) is 33.3. The van der Waals surface area contributed by atoms with Crippen LogP contribution in [0.4, 0.5) is 0 Å². The average molecular weight is 1160 g/mol. The molecule has 0 aliphatic heterocycles. The van der Waals surface area contributed by atoms with Crippen molar-refractivity contribution in [2.24, 2.45) is 29.1 Å². The second-order valence-electron chi connectivity index (χ2n) is 27.7. The predicted molar refractivity (Wildman–Crippen MR) is 351 cm³/mol. The van der Waals surface area contributed by atoms with Crippen LogP contribution in [0, 0.1) is 29.1 Å². The van der Waals surface area contributed by atoms with E-state index in [0.29, 0.717) is 19.3 Å². The molecule has 0 aromatic heterocycles. The van der Waals surface area contributed by atoms with Crippen molar-refractivity contribution < 1.29 is 39.2 Å². The van der Waals surface area contributed by atoms with Crippen molar-refractivity contribution in [3.63, 3.8) is 0 Å². The van der Waals surface area contributed by atoms with Gasteiger partial charge in [-0.1, -0.05) is 382 Å². The van der Waals surface area contributed by atoms with E-state index in [4.69, 9.17) is 4.74 Å². The van der Waals surface area contributed by atoms with E-state index in [9.17, 15) is 34.5 Å². The predicted octanol–water partition coefficient (Wildman–Crippen LogP) is 24.0. The van der Waals surface area contributed by atoms with Crippen molar-refractivity contribution in [3.05, 3.63) is 0 Å². The van der Waals surface area contributed by atoms with Crippen molar-refractivity contribution >= 4 is 23.7 Å². The zero-order valence-corrected chi connectivity index (χ0v) is 56.0. The van der Waals surface area contributed by atoms with Gasteiger partial charge >= 0.3 is 17.9 Å². The number of rotatable bonds is 67. The lowest BCUT2D eigenvalue weighted by atomic mass is 9.59. The maximum Gasteiger partial charge on any atom is 0.338 e. The van der Waals surface area contributed by atoms with Crippen molar-refractivity contribution in [2.75, 3.05) is 6.61 Å². The summed E-state index contributed by atoms with van der Waals surface area (Å²) >= 11 is 0. The Morgan fingerprint density at radius 1 is 0.293 bits per heavy atom. The smallest absolute Gasteiger partial charge is 0.338 e. The van der Waals surface area contributed by atoms with E-state index < -0.39 is 40.6 Å². The first-order valence-electron chi connectivity index (χ1n) is 36.5. The third kappa shape index (κ3) is 43.6. The third-order valence-electron chi connectivity index (χ3n) is 18.5. The van der Waals surface area contributed by atoms with Crippen molar-refractivity contribution in [2.45, 2.75) is 414 Å². The van der Waals surface area contributed by atoms with Crippen LogP contribution < -0.4 is 0 Å². The van der Waals surface area contributed by atoms with E-state index in [1.807, 2.05) is 0 Å². The number of ketones is 1. The number of aliphatic carboxylic acids is 3. The topological polar surface area (TPSA) is 138 Å². The van der Waals surface area contributed by atoms with E-state index in [1.165, 1.54) is 250 Å². The first kappa shape index (κ1) is 80.0. The van der Waals surface area contributed by atoms with Gasteiger partial charge in [0.25, 0.3) is 0 Å². The number of carbonyl (C=O) groups is 4. The number of Topliss-reactive ketones (excluding diaryl/α,β-unsaturated/α-hetero) is 1. The van der Waals surface area contributed by atoms with Gasteiger partial charge in [0.15, 0.2) is 5.92 Å². The molecule has 0 fully saturated rings. The molecule has 0 rings (SSSR count). The van der Waals surface area contributed by atoms with Gasteiger partial charge in [-0.25, -0.2) is 4.79 Å². The molecule has 2 unspecified atom stereocenters. The number of carboxylic acid groups (broad SMARTS) is 3. The molecule has 0 aliphatic carbocycles. The Morgan fingerprint density at radius 2 is 0.488 bits per heavy atom. The van der Waals surface area contributed by atoms with Crippen LogP contribution in [-0.4, -0.2) is 51.2 Å². The van der Waals surface area contributed by atoms with Crippen molar-refractivity contribution in [1.82, 2.24) is 0 Å². The van der Waals surface area contributed by atoms with Crippen molar-refractivity contribution in [3.8, 4) is 0 Å². The summed E-state index contributed by atoms with van der Waals surface area (Å²) in [4.78, 5) is 54.4. The van der Waals surface area contributed by atoms with Crippen LogP contribution in [0.2, 0.25) is 0 Å². The number of carbonyl (C=O) groups excluding carboxylic acids is 1. The number of ether oxygens (including phenoxy) is 1. The summed E-state index contributed by atoms with van der Waals surface area (Å²) in [6.45, 7) is 14.9. The van der Waals surface area contributed by atoms with E-state index in [0.717, 1.165) is 102 Å². The fourth-order valence-electron chi connectivity index (χ4n) is 13.2. The minimum absolute atomic E-state index is 0.0407. The number of hydrogen-bond donors (Lipinski definition) is 3. The highest BCUT2D eigenvalue weighted by Gasteiger charge is 2.69. The quantitative estimate of drug-likeness (QED) is 0.0404. The Balaban J connectivity index is 5.33. The van der Waals surface area contributed by atoms with E-state index in [-0.39, 0.29) is 19.4 Å². The van der Waals surface area contributed by atoms with Gasteiger partial charge < -0.3 is 20.1 Å². The molecule has 0 bridgehead atoms. The van der Waals surface area contributed by atoms with Crippen LogP contribution in [0.3, 0.4) is 0 Å². The highest BCUT2D eigenvalue weighted by molar-refractivity contribution is 6.06. The molecule has 0 aromatic carbocycles. The summed E-state index contributed by atoms with van der Waals surface area (Å²) in [7, 11) is 0. The van der Waals surface area contributed by atoms with Crippen LogP contribution in [0.25, 0.3) is 0 Å². The number of carboxylic acids is 3. The molecule has 8 nitrogen and oxygen atoms in total. The number of unbranched alkanes of at least 4 members (excludes halogenated alkanes) is 48. The highest BCUT2D eigenvalue weighted by atomic mass is 16.5. The Morgan fingerprint density at radius 3 is 0.659 bits per heavy atom. The summed E-state index contributed by atoms with van der Waals surface area (Å²) in [5.41, 5.74) is -4.81. The summed E-state index contributed by atoms with van der Waals surface area (Å²) in [6.07, 6.45) is 64.6. The molecule has 0 radical (unpaired) electrons. The standard InChI is InChI=1S/C74H142O8/c1-65(2)59-53-47-41-35-29-23-17-11-8-14-20-26-32-38-44-50-56-62-73(71(78)79,63-57-51-45-39-33-27-21-15-9-12-18-24-30-36-42-48-54-60-66(3)4)74(72(80)81,69(68(7)75)70(76)77)82-64-58-52-46-40-34-28-22-16-10-13-19-25-31-37-43-49-55-61-67(5)6/h65-67,69H,8-64H2,1-7H3,(H,76,77)(H,78,79)(H,80,81). The fourth-order valence-corrected chi connectivity index (χ4v) is 13.2. The first-order valence-corrected chi connectivity index (χ1v) is 36.5. The van der Waals surface area contributed by atoms with Gasteiger partial charge in [0, 0.05) is 6.61 Å². The van der Waals surface area contributed by atoms with E-state index in [1.54, 1.807) is 0 Å². The molecular formula is C74H142O8. The zero-order chi connectivity index (χ0) is 60.6. The molecule has 0 spiro atoms. The van der Waals surface area contributed by atoms with Crippen molar-refractivity contribution in [1.29, 1.82) is 0 Å². The maximum atomic E-state index is 14.0. The second kappa shape index (κ2) is 56.8. The van der Waals surface area contributed by atoms with Crippen LogP contribution in [0.1, 0.15) is 408 Å². The lowest BCUT2D eigenvalue weighted by Crippen LogP contribution is -2.67. The maximum absolute atomic E-state index is 14.0.